The second-order valence-corrected chi connectivity index (χ2v) is 21.6. The summed E-state index contributed by atoms with van der Waals surface area (Å²) in [6, 6.07) is 96.9. The molecule has 0 atom stereocenters. The van der Waals surface area contributed by atoms with Gasteiger partial charge in [0.05, 0.1) is 11.0 Å². The highest BCUT2D eigenvalue weighted by Gasteiger charge is 2.37. The fourth-order valence-corrected chi connectivity index (χ4v) is 12.9. The molecule has 0 aliphatic heterocycles. The lowest BCUT2D eigenvalue weighted by Crippen LogP contribution is -2.17. The first kappa shape index (κ1) is 45.1. The zero-order valence-electron chi connectivity index (χ0n) is 43.6. The van der Waals surface area contributed by atoms with E-state index in [1.165, 1.54) is 55.3 Å². The van der Waals surface area contributed by atoms with Crippen molar-refractivity contribution in [1.82, 2.24) is 4.57 Å². The summed E-state index contributed by atoms with van der Waals surface area (Å²) in [6.07, 6.45) is 0. The van der Waals surface area contributed by atoms with Gasteiger partial charge in [0.2, 0.25) is 0 Å². The number of para-hydroxylation sites is 4. The summed E-state index contributed by atoms with van der Waals surface area (Å²) in [6.45, 7) is 4.78. The van der Waals surface area contributed by atoms with Gasteiger partial charge in [-0.05, 0) is 141 Å². The van der Waals surface area contributed by atoms with E-state index < -0.39 is 0 Å². The van der Waals surface area contributed by atoms with Crippen LogP contribution in [0.2, 0.25) is 0 Å². The number of rotatable bonds is 8. The maximum Gasteiger partial charge on any atom is 0.143 e. The molecular formula is C75H50N2O2. The van der Waals surface area contributed by atoms with Crippen LogP contribution in [0.5, 0.6) is 0 Å². The smallest absolute Gasteiger partial charge is 0.143 e. The van der Waals surface area contributed by atoms with Crippen molar-refractivity contribution in [3.05, 3.63) is 278 Å². The summed E-state index contributed by atoms with van der Waals surface area (Å²) >= 11 is 0. The Hall–Kier alpha value is -10.2. The molecule has 0 saturated carbocycles. The summed E-state index contributed by atoms with van der Waals surface area (Å²) in [4.78, 5) is 2.40. The second kappa shape index (κ2) is 17.4. The van der Waals surface area contributed by atoms with Gasteiger partial charge in [-0.2, -0.15) is 0 Å². The molecule has 15 aromatic rings. The van der Waals surface area contributed by atoms with Crippen LogP contribution in [0.1, 0.15) is 25.0 Å². The van der Waals surface area contributed by atoms with E-state index in [0.29, 0.717) is 0 Å². The molecule has 1 aliphatic rings. The van der Waals surface area contributed by atoms with Crippen molar-refractivity contribution >= 4 is 82.7 Å². The molecule has 0 bridgehead atoms. The highest BCUT2D eigenvalue weighted by molar-refractivity contribution is 6.15. The SMILES string of the molecule is CC1(C)c2cc(N(c3ccc(-c4ccccc4)cc3)c3ccc(-c4ccccc4)cc3)ccc2-c2ccc(-n3c4ccc(-c5cccc6c5oc5ccccc56)cc4c4cc(-c5cccc6c5oc5ccccc56)ccc43)cc21. The summed E-state index contributed by atoms with van der Waals surface area (Å²) in [5.41, 5.74) is 24.3. The van der Waals surface area contributed by atoms with Gasteiger partial charge in [0.1, 0.15) is 22.3 Å². The lowest BCUT2D eigenvalue weighted by atomic mass is 9.82. The molecule has 0 unspecified atom stereocenters. The van der Waals surface area contributed by atoms with Crippen molar-refractivity contribution in [3.8, 4) is 61.3 Å². The molecule has 372 valence electrons. The molecule has 4 heteroatoms. The zero-order valence-corrected chi connectivity index (χ0v) is 43.6. The van der Waals surface area contributed by atoms with Crippen molar-refractivity contribution in [3.63, 3.8) is 0 Å². The van der Waals surface area contributed by atoms with E-state index in [9.17, 15) is 0 Å². The van der Waals surface area contributed by atoms with E-state index in [1.54, 1.807) is 0 Å². The molecule has 0 fully saturated rings. The van der Waals surface area contributed by atoms with Crippen molar-refractivity contribution in [2.45, 2.75) is 19.3 Å². The Morgan fingerprint density at radius 3 is 1.24 bits per heavy atom. The quantitative estimate of drug-likeness (QED) is 0.152. The molecule has 4 nitrogen and oxygen atoms in total. The van der Waals surface area contributed by atoms with E-state index in [-0.39, 0.29) is 5.41 Å². The number of hydrogen-bond acceptors (Lipinski definition) is 3. The van der Waals surface area contributed by atoms with Crippen molar-refractivity contribution < 1.29 is 8.83 Å². The monoisotopic (exact) mass is 1010 g/mol. The van der Waals surface area contributed by atoms with Crippen LogP contribution in [0, 0.1) is 0 Å². The van der Waals surface area contributed by atoms with Crippen LogP contribution in [0.25, 0.3) is 127 Å². The third-order valence-corrected chi connectivity index (χ3v) is 16.8. The Kier molecular flexibility index (Phi) is 9.95. The van der Waals surface area contributed by atoms with Crippen molar-refractivity contribution in [2.75, 3.05) is 4.90 Å². The van der Waals surface area contributed by atoms with Crippen LogP contribution in [0.3, 0.4) is 0 Å². The van der Waals surface area contributed by atoms with Crippen molar-refractivity contribution in [1.29, 1.82) is 0 Å². The van der Waals surface area contributed by atoms with Gasteiger partial charge in [-0.25, -0.2) is 0 Å². The zero-order chi connectivity index (χ0) is 52.3. The molecule has 0 N–H and O–H groups in total. The molecule has 79 heavy (non-hydrogen) atoms. The molecular weight excluding hydrogens is 961 g/mol. The normalized spacial score (nSPS) is 12.8. The Balaban J connectivity index is 0.833. The number of hydrogen-bond donors (Lipinski definition) is 0. The van der Waals surface area contributed by atoms with Gasteiger partial charge in [-0.15, -0.1) is 0 Å². The number of benzene rings is 12. The van der Waals surface area contributed by atoms with Gasteiger partial charge in [0, 0.05) is 71.6 Å². The van der Waals surface area contributed by atoms with E-state index in [4.69, 9.17) is 8.83 Å². The van der Waals surface area contributed by atoms with Crippen LogP contribution >= 0.6 is 0 Å². The van der Waals surface area contributed by atoms with Gasteiger partial charge in [-0.3, -0.25) is 0 Å². The predicted octanol–water partition coefficient (Wildman–Crippen LogP) is 21.0. The minimum absolute atomic E-state index is 0.313. The van der Waals surface area contributed by atoms with Crippen LogP contribution in [-0.2, 0) is 5.41 Å². The average Bonchev–Trinajstić information content (AvgIpc) is 4.39. The highest BCUT2D eigenvalue weighted by Crippen LogP contribution is 2.52. The lowest BCUT2D eigenvalue weighted by molar-refractivity contribution is 0.660. The minimum atomic E-state index is -0.313. The third-order valence-electron chi connectivity index (χ3n) is 16.8. The minimum Gasteiger partial charge on any atom is -0.455 e. The van der Waals surface area contributed by atoms with Crippen LogP contribution < -0.4 is 4.90 Å². The first-order valence-corrected chi connectivity index (χ1v) is 27.2. The molecule has 12 aromatic carbocycles. The number of aromatic nitrogens is 1. The fraction of sp³-hybridized carbons (Fsp3) is 0.0400. The van der Waals surface area contributed by atoms with E-state index in [1.807, 2.05) is 12.1 Å². The molecule has 3 aromatic heterocycles. The molecule has 0 radical (unpaired) electrons. The van der Waals surface area contributed by atoms with E-state index >= 15 is 0 Å². The van der Waals surface area contributed by atoms with Crippen molar-refractivity contribution in [2.24, 2.45) is 0 Å². The first-order valence-electron chi connectivity index (χ1n) is 27.2. The van der Waals surface area contributed by atoms with Crippen LogP contribution in [-0.4, -0.2) is 4.57 Å². The maximum absolute atomic E-state index is 6.63. The van der Waals surface area contributed by atoms with E-state index in [0.717, 1.165) is 99.9 Å². The highest BCUT2D eigenvalue weighted by atomic mass is 16.3. The number of anilines is 3. The second-order valence-electron chi connectivity index (χ2n) is 21.6. The van der Waals surface area contributed by atoms with Gasteiger partial charge >= 0.3 is 0 Å². The molecule has 0 spiro atoms. The standard InChI is InChI=1S/C75H50N2O2/c1-75(2)67-45-55(76(53-33-27-49(28-34-53)47-15-5-3-6-16-47)54-35-29-50(30-36-54)48-17-7-4-8-18-48)37-39-59(67)60-40-38-56(46-68(60)75)77-69-41-31-51(57-21-13-23-63-61-19-9-11-25-71(61)78-73(57)63)43-65(69)66-44-52(32-42-70(66)77)58-22-14-24-64-62-20-10-12-26-72(62)79-74(58)64/h3-46H,1-2H3. The molecule has 0 saturated heterocycles. The Labute approximate surface area is 457 Å². The summed E-state index contributed by atoms with van der Waals surface area (Å²) in [7, 11) is 0. The Morgan fingerprint density at radius 2 is 0.722 bits per heavy atom. The Morgan fingerprint density at radius 1 is 0.304 bits per heavy atom. The molecule has 1 aliphatic carbocycles. The average molecular weight is 1010 g/mol. The maximum atomic E-state index is 6.63. The van der Waals surface area contributed by atoms with E-state index in [2.05, 4.69) is 278 Å². The number of nitrogens with zero attached hydrogens (tertiary/aromatic N) is 2. The molecule has 16 rings (SSSR count). The first-order chi connectivity index (χ1) is 38.9. The molecule has 3 heterocycles. The van der Waals surface area contributed by atoms with Gasteiger partial charge in [0.25, 0.3) is 0 Å². The topological polar surface area (TPSA) is 34.5 Å². The molecule has 0 amide bonds. The van der Waals surface area contributed by atoms with Gasteiger partial charge in [-0.1, -0.05) is 196 Å². The number of fused-ring (bicyclic) bond motifs is 12. The largest absolute Gasteiger partial charge is 0.455 e. The summed E-state index contributed by atoms with van der Waals surface area (Å²) < 4.78 is 15.7. The van der Waals surface area contributed by atoms with Gasteiger partial charge < -0.3 is 18.3 Å². The summed E-state index contributed by atoms with van der Waals surface area (Å²) in [5, 5.41) is 6.82. The van der Waals surface area contributed by atoms with Crippen LogP contribution in [0.4, 0.5) is 17.1 Å². The fourth-order valence-electron chi connectivity index (χ4n) is 12.9. The Bertz CT molecular complexity index is 4650. The van der Waals surface area contributed by atoms with Crippen LogP contribution in [0.15, 0.2) is 276 Å². The lowest BCUT2D eigenvalue weighted by Gasteiger charge is -2.28. The number of furan rings is 2. The predicted molar refractivity (Wildman–Crippen MR) is 329 cm³/mol. The third kappa shape index (κ3) is 7.08. The summed E-state index contributed by atoms with van der Waals surface area (Å²) in [5.74, 6) is 0. The van der Waals surface area contributed by atoms with Gasteiger partial charge in [0.15, 0.2) is 0 Å².